The molecule has 4 N–H and O–H groups in total. The lowest BCUT2D eigenvalue weighted by molar-refractivity contribution is -0.123. The largest absolute Gasteiger partial charge is 0.482 e. The number of hydrogen-bond donors (Lipinski definition) is 4. The first kappa shape index (κ1) is 18.9. The number of ether oxygens (including phenoxy) is 1. The molecule has 8 heteroatoms. The second-order valence-corrected chi connectivity index (χ2v) is 7.65. The van der Waals surface area contributed by atoms with E-state index in [1.165, 1.54) is 0 Å². The Labute approximate surface area is 174 Å². The molecule has 0 aliphatic rings. The zero-order valence-electron chi connectivity index (χ0n) is 14.7. The molecule has 0 spiro atoms. The fourth-order valence-electron chi connectivity index (χ4n) is 3.02. The molecule has 4 rings (SSSR count). The van der Waals surface area contributed by atoms with Crippen LogP contribution in [-0.4, -0.2) is 40.7 Å². The summed E-state index contributed by atoms with van der Waals surface area (Å²) < 4.78 is 6.54. The summed E-state index contributed by atoms with van der Waals surface area (Å²) in [6.07, 6.45) is 0. The average Bonchev–Trinajstić information content (AvgIpc) is 3.27. The summed E-state index contributed by atoms with van der Waals surface area (Å²) in [4.78, 5) is 18.4. The third-order valence-corrected chi connectivity index (χ3v) is 5.13. The molecule has 0 fully saturated rings. The highest BCUT2D eigenvalue weighted by atomic mass is 79.9. The van der Waals surface area contributed by atoms with Gasteiger partial charge >= 0.3 is 0 Å². The smallest absolute Gasteiger partial charge is 0.258 e. The lowest BCUT2D eigenvalue weighted by Crippen LogP contribution is -2.31. The maximum absolute atomic E-state index is 11.6. The Morgan fingerprint density at radius 2 is 1.79 bits per heavy atom. The van der Waals surface area contributed by atoms with Gasteiger partial charge in [0.2, 0.25) is 0 Å². The molecule has 4 aromatic rings. The second kappa shape index (κ2) is 7.87. The van der Waals surface area contributed by atoms with E-state index in [0.717, 1.165) is 37.7 Å². The van der Waals surface area contributed by atoms with E-state index in [0.29, 0.717) is 10.8 Å². The number of halogens is 2. The number of rotatable bonds is 6. The third-order valence-electron chi connectivity index (χ3n) is 4.34. The van der Waals surface area contributed by atoms with E-state index in [1.807, 2.05) is 24.3 Å². The van der Waals surface area contributed by atoms with Crippen molar-refractivity contribution in [3.05, 3.63) is 52.0 Å². The van der Waals surface area contributed by atoms with Gasteiger partial charge in [-0.15, -0.1) is 0 Å². The number of aromatic nitrogens is 2. The molecule has 0 bridgehead atoms. The summed E-state index contributed by atoms with van der Waals surface area (Å²) in [5.41, 5.74) is 3.78. The Kier molecular flexibility index (Phi) is 5.30. The number of carbonyl (C=O) groups is 1. The number of fused-ring (bicyclic) bond motifs is 2. The van der Waals surface area contributed by atoms with Crippen molar-refractivity contribution in [2.75, 3.05) is 19.8 Å². The van der Waals surface area contributed by atoms with Gasteiger partial charge in [-0.3, -0.25) is 4.79 Å². The molecule has 0 radical (unpaired) electrons. The van der Waals surface area contributed by atoms with Gasteiger partial charge in [-0.1, -0.05) is 33.6 Å². The third kappa shape index (κ3) is 3.87. The van der Waals surface area contributed by atoms with E-state index in [-0.39, 0.29) is 25.7 Å². The Morgan fingerprint density at radius 3 is 2.54 bits per heavy atom. The van der Waals surface area contributed by atoms with E-state index < -0.39 is 0 Å². The lowest BCUT2D eigenvalue weighted by atomic mass is 10.2. The standard InChI is InChI=1S/C20H17BrClN3O3/c21-13-2-1-11-6-17(24-15(11)8-13)18-7-12-5-14(22)19(9-16(12)25-18)28-10-20(27)23-3-4-26/h1-2,5-9,24-26H,3-4,10H2,(H,23,27). The van der Waals surface area contributed by atoms with Crippen LogP contribution in [-0.2, 0) is 4.79 Å². The number of carbonyl (C=O) groups excluding carboxylic acids is 1. The summed E-state index contributed by atoms with van der Waals surface area (Å²) in [5.74, 6) is 0.101. The number of aliphatic hydroxyl groups is 1. The van der Waals surface area contributed by atoms with Crippen LogP contribution in [0.1, 0.15) is 0 Å². The van der Waals surface area contributed by atoms with Crippen molar-refractivity contribution in [1.29, 1.82) is 0 Å². The molecule has 6 nitrogen and oxygen atoms in total. The van der Waals surface area contributed by atoms with E-state index in [4.69, 9.17) is 21.4 Å². The SMILES string of the molecule is O=C(COc1cc2[nH]c(-c3cc4ccc(Br)cc4[nH]3)cc2cc1Cl)NCCO. The molecule has 0 saturated heterocycles. The van der Waals surface area contributed by atoms with Crippen molar-refractivity contribution >= 4 is 55.2 Å². The first-order valence-electron chi connectivity index (χ1n) is 8.65. The molecule has 2 heterocycles. The second-order valence-electron chi connectivity index (χ2n) is 6.33. The van der Waals surface area contributed by atoms with Crippen LogP contribution in [0.25, 0.3) is 33.2 Å². The highest BCUT2D eigenvalue weighted by Gasteiger charge is 2.12. The van der Waals surface area contributed by atoms with E-state index in [9.17, 15) is 4.79 Å². The van der Waals surface area contributed by atoms with Gasteiger partial charge in [0.25, 0.3) is 5.91 Å². The highest BCUT2D eigenvalue weighted by molar-refractivity contribution is 9.10. The number of amides is 1. The van der Waals surface area contributed by atoms with Crippen LogP contribution in [0, 0.1) is 0 Å². The van der Waals surface area contributed by atoms with Gasteiger partial charge in [0.05, 0.1) is 23.0 Å². The minimum Gasteiger partial charge on any atom is -0.482 e. The lowest BCUT2D eigenvalue weighted by Gasteiger charge is -2.08. The fourth-order valence-corrected chi connectivity index (χ4v) is 3.61. The molecule has 0 saturated carbocycles. The Morgan fingerprint density at radius 1 is 1.07 bits per heavy atom. The minimum atomic E-state index is -0.318. The maximum atomic E-state index is 11.6. The van der Waals surface area contributed by atoms with Crippen molar-refractivity contribution in [2.45, 2.75) is 0 Å². The van der Waals surface area contributed by atoms with E-state index >= 15 is 0 Å². The predicted molar refractivity (Wildman–Crippen MR) is 114 cm³/mol. The molecule has 0 aliphatic carbocycles. The van der Waals surface area contributed by atoms with Gasteiger partial charge in [-0.2, -0.15) is 0 Å². The quantitative estimate of drug-likeness (QED) is 0.346. The number of benzene rings is 2. The summed E-state index contributed by atoms with van der Waals surface area (Å²) in [5, 5.41) is 13.7. The molecular formula is C20H17BrClN3O3. The average molecular weight is 463 g/mol. The monoisotopic (exact) mass is 461 g/mol. The van der Waals surface area contributed by atoms with Crippen LogP contribution in [0.15, 0.2) is 46.9 Å². The zero-order chi connectivity index (χ0) is 19.7. The molecular weight excluding hydrogens is 446 g/mol. The van der Waals surface area contributed by atoms with Crippen molar-refractivity contribution in [2.24, 2.45) is 0 Å². The Bertz CT molecular complexity index is 1170. The number of nitrogens with one attached hydrogen (secondary N) is 3. The summed E-state index contributed by atoms with van der Waals surface area (Å²) in [6.45, 7) is -0.0971. The van der Waals surface area contributed by atoms with Crippen LogP contribution in [0.4, 0.5) is 0 Å². The van der Waals surface area contributed by atoms with Crippen molar-refractivity contribution in [1.82, 2.24) is 15.3 Å². The normalized spacial score (nSPS) is 11.2. The van der Waals surface area contributed by atoms with Crippen molar-refractivity contribution in [3.8, 4) is 17.1 Å². The van der Waals surface area contributed by atoms with Gasteiger partial charge in [0.1, 0.15) is 5.75 Å². The first-order chi connectivity index (χ1) is 13.5. The zero-order valence-corrected chi connectivity index (χ0v) is 17.0. The molecule has 2 aromatic carbocycles. The molecule has 0 atom stereocenters. The molecule has 0 unspecified atom stereocenters. The van der Waals surface area contributed by atoms with Crippen LogP contribution in [0.2, 0.25) is 5.02 Å². The van der Waals surface area contributed by atoms with Gasteiger partial charge in [-0.05, 0) is 30.3 Å². The molecule has 144 valence electrons. The predicted octanol–water partition coefficient (Wildman–Crippen LogP) is 4.22. The number of hydrogen-bond acceptors (Lipinski definition) is 3. The maximum Gasteiger partial charge on any atom is 0.258 e. The van der Waals surface area contributed by atoms with E-state index in [1.54, 1.807) is 12.1 Å². The van der Waals surface area contributed by atoms with Gasteiger partial charge in [0, 0.05) is 38.9 Å². The van der Waals surface area contributed by atoms with Crippen molar-refractivity contribution < 1.29 is 14.6 Å². The summed E-state index contributed by atoms with van der Waals surface area (Å²) in [7, 11) is 0. The summed E-state index contributed by atoms with van der Waals surface area (Å²) in [6, 6.07) is 13.8. The molecule has 28 heavy (non-hydrogen) atoms. The van der Waals surface area contributed by atoms with Crippen LogP contribution >= 0.6 is 27.5 Å². The number of aromatic amines is 2. The minimum absolute atomic E-state index is 0.117. The van der Waals surface area contributed by atoms with Gasteiger partial charge in [0.15, 0.2) is 6.61 Å². The fraction of sp³-hybridized carbons (Fsp3) is 0.150. The molecule has 2 aromatic heterocycles. The Balaban J connectivity index is 1.60. The topological polar surface area (TPSA) is 90.1 Å². The van der Waals surface area contributed by atoms with E-state index in [2.05, 4.69) is 37.3 Å². The van der Waals surface area contributed by atoms with Gasteiger partial charge in [-0.25, -0.2) is 0 Å². The highest BCUT2D eigenvalue weighted by Crippen LogP contribution is 2.33. The summed E-state index contributed by atoms with van der Waals surface area (Å²) >= 11 is 9.79. The van der Waals surface area contributed by atoms with Crippen LogP contribution < -0.4 is 10.1 Å². The van der Waals surface area contributed by atoms with Gasteiger partial charge < -0.3 is 25.1 Å². The number of aliphatic hydroxyl groups excluding tert-OH is 1. The molecule has 0 aliphatic heterocycles. The van der Waals surface area contributed by atoms with Crippen molar-refractivity contribution in [3.63, 3.8) is 0 Å². The van der Waals surface area contributed by atoms with Crippen LogP contribution in [0.5, 0.6) is 5.75 Å². The Hall–Kier alpha value is -2.48. The van der Waals surface area contributed by atoms with Crippen LogP contribution in [0.3, 0.4) is 0 Å². The first-order valence-corrected chi connectivity index (χ1v) is 9.82. The number of H-pyrrole nitrogens is 2. The molecule has 1 amide bonds.